The summed E-state index contributed by atoms with van der Waals surface area (Å²) in [6, 6.07) is 0. The third-order valence-corrected chi connectivity index (χ3v) is 3.09. The second kappa shape index (κ2) is 8.36. The molecule has 1 heterocycles. The van der Waals surface area contributed by atoms with Crippen LogP contribution < -0.4 is 11.1 Å². The minimum atomic E-state index is -0.538. The monoisotopic (exact) mass is 298 g/mol. The van der Waals surface area contributed by atoms with Crippen LogP contribution in [-0.2, 0) is 9.53 Å². The molecule has 0 aliphatic heterocycles. The molecule has 1 amide bonds. The van der Waals surface area contributed by atoms with Crippen molar-refractivity contribution >= 4 is 29.5 Å². The van der Waals surface area contributed by atoms with Crippen LogP contribution in [0.25, 0.3) is 0 Å². The average Bonchev–Trinajstić information content (AvgIpc) is 2.39. The summed E-state index contributed by atoms with van der Waals surface area (Å²) >= 11 is 1.31. The number of anilines is 1. The topological polar surface area (TPSA) is 107 Å². The molecule has 8 heteroatoms. The predicted molar refractivity (Wildman–Crippen MR) is 76.4 cm³/mol. The first-order valence-electron chi connectivity index (χ1n) is 6.27. The molecule has 0 aliphatic carbocycles. The smallest absolute Gasteiger partial charge is 0.343 e. The number of carbonyl (C=O) groups excluding carboxylic acids is 2. The van der Waals surface area contributed by atoms with Crippen molar-refractivity contribution in [3.8, 4) is 0 Å². The average molecular weight is 298 g/mol. The number of hydrogen-bond acceptors (Lipinski definition) is 7. The van der Waals surface area contributed by atoms with Crippen LogP contribution >= 0.6 is 11.8 Å². The van der Waals surface area contributed by atoms with E-state index < -0.39 is 5.97 Å². The summed E-state index contributed by atoms with van der Waals surface area (Å²) in [5, 5.41) is 3.13. The van der Waals surface area contributed by atoms with E-state index in [-0.39, 0.29) is 23.9 Å². The number of rotatable bonds is 7. The summed E-state index contributed by atoms with van der Waals surface area (Å²) < 4.78 is 4.83. The third kappa shape index (κ3) is 5.04. The van der Waals surface area contributed by atoms with E-state index >= 15 is 0 Å². The Labute approximate surface area is 121 Å². The highest BCUT2D eigenvalue weighted by Gasteiger charge is 2.13. The number of esters is 1. The van der Waals surface area contributed by atoms with Gasteiger partial charge in [-0.05, 0) is 13.8 Å². The molecular formula is C12H18N4O3S. The summed E-state index contributed by atoms with van der Waals surface area (Å²) in [5.41, 5.74) is 5.84. The molecule has 20 heavy (non-hydrogen) atoms. The molecule has 7 nitrogen and oxygen atoms in total. The molecule has 0 bridgehead atoms. The molecule has 0 aromatic carbocycles. The van der Waals surface area contributed by atoms with E-state index in [1.807, 2.05) is 6.92 Å². The van der Waals surface area contributed by atoms with Gasteiger partial charge in [-0.15, -0.1) is 0 Å². The first kappa shape index (κ1) is 16.2. The molecule has 0 saturated heterocycles. The van der Waals surface area contributed by atoms with Crippen LogP contribution in [0, 0.1) is 0 Å². The SMILES string of the molecule is CCNC(=O)CCSc1ncc(C(=O)OCC)c(N)n1. The molecule has 1 aromatic rings. The predicted octanol–water partition coefficient (Wildman–Crippen LogP) is 0.854. The number of ether oxygens (including phenoxy) is 1. The molecular weight excluding hydrogens is 280 g/mol. The lowest BCUT2D eigenvalue weighted by Gasteiger charge is -2.06. The first-order valence-corrected chi connectivity index (χ1v) is 7.26. The van der Waals surface area contributed by atoms with Crippen molar-refractivity contribution in [2.75, 3.05) is 24.6 Å². The molecule has 0 atom stereocenters. The summed E-state index contributed by atoms with van der Waals surface area (Å²) in [5.74, 6) is 0.0725. The molecule has 0 spiro atoms. The summed E-state index contributed by atoms with van der Waals surface area (Å²) in [6.07, 6.45) is 1.72. The molecule has 0 unspecified atom stereocenters. The molecule has 0 fully saturated rings. The largest absolute Gasteiger partial charge is 0.462 e. The zero-order valence-corrected chi connectivity index (χ0v) is 12.3. The number of thioether (sulfide) groups is 1. The summed E-state index contributed by atoms with van der Waals surface area (Å²) in [6.45, 7) is 4.45. The van der Waals surface area contributed by atoms with E-state index in [9.17, 15) is 9.59 Å². The van der Waals surface area contributed by atoms with Gasteiger partial charge in [-0.2, -0.15) is 0 Å². The molecule has 0 saturated carbocycles. The first-order chi connectivity index (χ1) is 9.58. The maximum absolute atomic E-state index is 11.5. The lowest BCUT2D eigenvalue weighted by molar-refractivity contribution is -0.120. The van der Waals surface area contributed by atoms with Crippen LogP contribution in [-0.4, -0.2) is 40.7 Å². The zero-order chi connectivity index (χ0) is 15.0. The standard InChI is InChI=1S/C12H18N4O3S/c1-3-14-9(17)5-6-20-12-15-7-8(10(13)16-12)11(18)19-4-2/h7H,3-6H2,1-2H3,(H,14,17)(H2,13,15,16). The van der Waals surface area contributed by atoms with Gasteiger partial charge in [-0.1, -0.05) is 11.8 Å². The van der Waals surface area contributed by atoms with Gasteiger partial charge >= 0.3 is 5.97 Å². The second-order valence-electron chi connectivity index (χ2n) is 3.72. The van der Waals surface area contributed by atoms with E-state index in [4.69, 9.17) is 10.5 Å². The van der Waals surface area contributed by atoms with Gasteiger partial charge in [-0.3, -0.25) is 4.79 Å². The van der Waals surface area contributed by atoms with E-state index in [0.29, 0.717) is 23.9 Å². The van der Waals surface area contributed by atoms with E-state index in [1.54, 1.807) is 6.92 Å². The lowest BCUT2D eigenvalue weighted by atomic mass is 10.3. The van der Waals surface area contributed by atoms with E-state index in [1.165, 1.54) is 18.0 Å². The van der Waals surface area contributed by atoms with Gasteiger partial charge in [0, 0.05) is 24.9 Å². The Morgan fingerprint density at radius 1 is 1.45 bits per heavy atom. The van der Waals surface area contributed by atoms with Crippen molar-refractivity contribution in [1.82, 2.24) is 15.3 Å². The van der Waals surface area contributed by atoms with Gasteiger partial charge in [0.15, 0.2) is 5.16 Å². The van der Waals surface area contributed by atoms with Crippen LogP contribution in [0.2, 0.25) is 0 Å². The maximum atomic E-state index is 11.5. The highest BCUT2D eigenvalue weighted by Crippen LogP contribution is 2.17. The second-order valence-corrected chi connectivity index (χ2v) is 4.79. The minimum absolute atomic E-state index is 0.0175. The van der Waals surface area contributed by atoms with Crippen molar-refractivity contribution in [2.24, 2.45) is 0 Å². The summed E-state index contributed by atoms with van der Waals surface area (Å²) in [4.78, 5) is 30.8. The van der Waals surface area contributed by atoms with Gasteiger partial charge in [-0.25, -0.2) is 14.8 Å². The molecule has 0 aliphatic rings. The number of nitrogens with one attached hydrogen (secondary N) is 1. The quantitative estimate of drug-likeness (QED) is 0.436. The van der Waals surface area contributed by atoms with Gasteiger partial charge in [0.2, 0.25) is 5.91 Å². The Morgan fingerprint density at radius 2 is 2.20 bits per heavy atom. The van der Waals surface area contributed by atoms with Gasteiger partial charge in [0.1, 0.15) is 11.4 Å². The number of aromatic nitrogens is 2. The van der Waals surface area contributed by atoms with Crippen LogP contribution in [0.15, 0.2) is 11.4 Å². The Morgan fingerprint density at radius 3 is 2.80 bits per heavy atom. The highest BCUT2D eigenvalue weighted by molar-refractivity contribution is 7.99. The number of nitrogen functional groups attached to an aromatic ring is 1. The Kier molecular flexibility index (Phi) is 6.78. The van der Waals surface area contributed by atoms with Crippen molar-refractivity contribution < 1.29 is 14.3 Å². The van der Waals surface area contributed by atoms with Crippen LogP contribution in [0.1, 0.15) is 30.6 Å². The van der Waals surface area contributed by atoms with Gasteiger partial charge < -0.3 is 15.8 Å². The fourth-order valence-electron chi connectivity index (χ4n) is 1.33. The van der Waals surface area contributed by atoms with E-state index in [2.05, 4.69) is 15.3 Å². The molecule has 3 N–H and O–H groups in total. The maximum Gasteiger partial charge on any atom is 0.343 e. The van der Waals surface area contributed by atoms with Gasteiger partial charge in [0.25, 0.3) is 0 Å². The fourth-order valence-corrected chi connectivity index (χ4v) is 2.09. The lowest BCUT2D eigenvalue weighted by Crippen LogP contribution is -2.22. The number of carbonyl (C=O) groups is 2. The Hall–Kier alpha value is -1.83. The van der Waals surface area contributed by atoms with Crippen molar-refractivity contribution in [3.05, 3.63) is 11.8 Å². The van der Waals surface area contributed by atoms with Crippen molar-refractivity contribution in [3.63, 3.8) is 0 Å². The fraction of sp³-hybridized carbons (Fsp3) is 0.500. The van der Waals surface area contributed by atoms with E-state index in [0.717, 1.165) is 0 Å². The number of hydrogen-bond donors (Lipinski definition) is 2. The molecule has 110 valence electrons. The van der Waals surface area contributed by atoms with Crippen LogP contribution in [0.3, 0.4) is 0 Å². The van der Waals surface area contributed by atoms with Crippen molar-refractivity contribution in [2.45, 2.75) is 25.4 Å². The highest BCUT2D eigenvalue weighted by atomic mass is 32.2. The number of nitrogens with zero attached hydrogens (tertiary/aromatic N) is 2. The minimum Gasteiger partial charge on any atom is -0.462 e. The molecule has 1 rings (SSSR count). The summed E-state index contributed by atoms with van der Waals surface area (Å²) in [7, 11) is 0. The zero-order valence-electron chi connectivity index (χ0n) is 11.5. The Balaban J connectivity index is 2.55. The molecule has 1 aromatic heterocycles. The third-order valence-electron chi connectivity index (χ3n) is 2.23. The van der Waals surface area contributed by atoms with Crippen LogP contribution in [0.4, 0.5) is 5.82 Å². The number of nitrogens with two attached hydrogens (primary N) is 1. The normalized spacial score (nSPS) is 10.1. The van der Waals surface area contributed by atoms with Crippen LogP contribution in [0.5, 0.6) is 0 Å². The molecule has 0 radical (unpaired) electrons. The van der Waals surface area contributed by atoms with Crippen molar-refractivity contribution in [1.29, 1.82) is 0 Å². The van der Waals surface area contributed by atoms with Gasteiger partial charge in [0.05, 0.1) is 6.61 Å². The number of amides is 1. The Bertz CT molecular complexity index is 482.